The molecule has 0 aliphatic carbocycles. The van der Waals surface area contributed by atoms with Gasteiger partial charge in [-0.1, -0.05) is 56.6 Å². The van der Waals surface area contributed by atoms with Gasteiger partial charge in [-0.05, 0) is 54.5 Å². The highest BCUT2D eigenvalue weighted by atomic mass is 35.5. The average molecular weight is 453 g/mol. The number of anilines is 1. The van der Waals surface area contributed by atoms with Crippen molar-refractivity contribution in [3.8, 4) is 5.75 Å². The summed E-state index contributed by atoms with van der Waals surface area (Å²) in [6.07, 6.45) is 1.94. The molecule has 2 amide bonds. The number of nitrogens with zero attached hydrogens (tertiary/aromatic N) is 2. The fourth-order valence-electron chi connectivity index (χ4n) is 4.73. The van der Waals surface area contributed by atoms with Gasteiger partial charge >= 0.3 is 0 Å². The zero-order valence-electron chi connectivity index (χ0n) is 18.8. The van der Waals surface area contributed by atoms with Crippen molar-refractivity contribution in [2.75, 3.05) is 24.6 Å². The van der Waals surface area contributed by atoms with Crippen molar-refractivity contribution in [2.24, 2.45) is 11.8 Å². The van der Waals surface area contributed by atoms with Gasteiger partial charge in [0.15, 0.2) is 0 Å². The van der Waals surface area contributed by atoms with Gasteiger partial charge in [-0.25, -0.2) is 4.90 Å². The predicted octanol–water partition coefficient (Wildman–Crippen LogP) is 5.39. The molecule has 0 saturated carbocycles. The summed E-state index contributed by atoms with van der Waals surface area (Å²) in [6.45, 7) is 8.41. The maximum absolute atomic E-state index is 13.8. The topological polar surface area (TPSA) is 49.9 Å². The number of likely N-dealkylation sites (tertiary alicyclic amines) is 1. The second kappa shape index (κ2) is 9.37. The van der Waals surface area contributed by atoms with E-state index in [2.05, 4.69) is 18.7 Å². The summed E-state index contributed by atoms with van der Waals surface area (Å²) < 4.78 is 5.87. The summed E-state index contributed by atoms with van der Waals surface area (Å²) >= 11 is 6.10. The van der Waals surface area contributed by atoms with Crippen LogP contribution in [0.15, 0.2) is 54.2 Å². The second-order valence-corrected chi connectivity index (χ2v) is 9.28. The Hall–Kier alpha value is -2.79. The first-order valence-electron chi connectivity index (χ1n) is 11.3. The highest BCUT2D eigenvalue weighted by Crippen LogP contribution is 2.40. The molecule has 2 aromatic rings. The Bertz CT molecular complexity index is 1040. The van der Waals surface area contributed by atoms with Crippen LogP contribution in [0, 0.1) is 11.8 Å². The average Bonchev–Trinajstić information content (AvgIpc) is 3.02. The first-order valence-corrected chi connectivity index (χ1v) is 11.6. The Morgan fingerprint density at radius 3 is 2.28 bits per heavy atom. The number of imide groups is 1. The Morgan fingerprint density at radius 1 is 0.969 bits per heavy atom. The van der Waals surface area contributed by atoms with Crippen LogP contribution < -0.4 is 9.64 Å². The van der Waals surface area contributed by atoms with E-state index in [1.807, 2.05) is 31.2 Å². The van der Waals surface area contributed by atoms with Crippen LogP contribution in [-0.2, 0) is 9.59 Å². The SMILES string of the molecule is CCCOc1ccccc1N1C(=O)C(c2ccc(Cl)cc2)=C(N2CC(C)CC(C)C2)C1=O. The van der Waals surface area contributed by atoms with Gasteiger partial charge in [0.25, 0.3) is 11.8 Å². The number of amides is 2. The normalized spacial score (nSPS) is 21.5. The molecule has 2 atom stereocenters. The minimum atomic E-state index is -0.328. The number of piperidine rings is 1. The molecule has 6 heteroatoms. The third-order valence-electron chi connectivity index (χ3n) is 5.95. The van der Waals surface area contributed by atoms with E-state index in [0.29, 0.717) is 51.7 Å². The van der Waals surface area contributed by atoms with E-state index >= 15 is 0 Å². The maximum Gasteiger partial charge on any atom is 0.282 e. The minimum Gasteiger partial charge on any atom is -0.491 e. The summed E-state index contributed by atoms with van der Waals surface area (Å²) in [5.41, 5.74) is 2.08. The lowest BCUT2D eigenvalue weighted by molar-refractivity contribution is -0.120. The van der Waals surface area contributed by atoms with Gasteiger partial charge in [0.05, 0.1) is 17.9 Å². The molecule has 168 valence electrons. The molecule has 2 aliphatic heterocycles. The second-order valence-electron chi connectivity index (χ2n) is 8.84. The number of ether oxygens (including phenoxy) is 1. The number of rotatable bonds is 6. The van der Waals surface area contributed by atoms with Crippen molar-refractivity contribution < 1.29 is 14.3 Å². The number of para-hydroxylation sites is 2. The largest absolute Gasteiger partial charge is 0.491 e. The summed E-state index contributed by atoms with van der Waals surface area (Å²) in [4.78, 5) is 31.0. The van der Waals surface area contributed by atoms with Crippen molar-refractivity contribution >= 4 is 34.7 Å². The minimum absolute atomic E-state index is 0.297. The maximum atomic E-state index is 13.8. The van der Waals surface area contributed by atoms with Crippen molar-refractivity contribution in [3.63, 3.8) is 0 Å². The fourth-order valence-corrected chi connectivity index (χ4v) is 4.85. The molecule has 1 fully saturated rings. The predicted molar refractivity (Wildman–Crippen MR) is 128 cm³/mol. The van der Waals surface area contributed by atoms with Crippen LogP contribution in [0.3, 0.4) is 0 Å². The van der Waals surface area contributed by atoms with Crippen LogP contribution in [0.25, 0.3) is 5.57 Å². The number of hydrogen-bond donors (Lipinski definition) is 0. The van der Waals surface area contributed by atoms with Gasteiger partial charge < -0.3 is 9.64 Å². The van der Waals surface area contributed by atoms with Crippen molar-refractivity contribution in [1.29, 1.82) is 0 Å². The smallest absolute Gasteiger partial charge is 0.282 e. The molecule has 2 aromatic carbocycles. The van der Waals surface area contributed by atoms with Crippen molar-refractivity contribution in [1.82, 2.24) is 4.90 Å². The zero-order chi connectivity index (χ0) is 22.8. The molecule has 5 nitrogen and oxygen atoms in total. The van der Waals surface area contributed by atoms with Crippen molar-refractivity contribution in [3.05, 3.63) is 64.8 Å². The van der Waals surface area contributed by atoms with Gasteiger partial charge in [-0.15, -0.1) is 0 Å². The summed E-state index contributed by atoms with van der Waals surface area (Å²) in [6, 6.07) is 14.4. The third-order valence-corrected chi connectivity index (χ3v) is 6.20. The first kappa shape index (κ1) is 22.4. The monoisotopic (exact) mass is 452 g/mol. The molecule has 2 unspecified atom stereocenters. The summed E-state index contributed by atoms with van der Waals surface area (Å²) in [7, 11) is 0. The number of carbonyl (C=O) groups excluding carboxylic acids is 2. The van der Waals surface area contributed by atoms with E-state index in [-0.39, 0.29) is 11.8 Å². The van der Waals surface area contributed by atoms with Crippen LogP contribution in [-0.4, -0.2) is 36.4 Å². The summed E-state index contributed by atoms with van der Waals surface area (Å²) in [5, 5.41) is 0.586. The van der Waals surface area contributed by atoms with Crippen LogP contribution in [0.2, 0.25) is 5.02 Å². The molecule has 0 N–H and O–H groups in total. The molecular weight excluding hydrogens is 424 g/mol. The highest BCUT2D eigenvalue weighted by Gasteiger charge is 2.44. The molecule has 0 radical (unpaired) electrons. The third kappa shape index (κ3) is 4.26. The number of halogens is 1. The Morgan fingerprint density at radius 2 is 1.62 bits per heavy atom. The Balaban J connectivity index is 1.81. The van der Waals surface area contributed by atoms with Crippen LogP contribution in [0.5, 0.6) is 5.75 Å². The number of carbonyl (C=O) groups is 2. The molecule has 2 aliphatic rings. The lowest BCUT2D eigenvalue weighted by Crippen LogP contribution is -2.42. The van der Waals surface area contributed by atoms with Gasteiger partial charge in [0.1, 0.15) is 11.4 Å². The molecule has 0 bridgehead atoms. The van der Waals surface area contributed by atoms with E-state index in [9.17, 15) is 9.59 Å². The molecule has 4 rings (SSSR count). The van der Waals surface area contributed by atoms with Gasteiger partial charge in [-0.2, -0.15) is 0 Å². The van der Waals surface area contributed by atoms with E-state index in [4.69, 9.17) is 16.3 Å². The quantitative estimate of drug-likeness (QED) is 0.551. The molecule has 2 heterocycles. The fraction of sp³-hybridized carbons (Fsp3) is 0.385. The van der Waals surface area contributed by atoms with E-state index in [1.54, 1.807) is 24.3 Å². The lowest BCUT2D eigenvalue weighted by Gasteiger charge is -2.37. The molecule has 0 spiro atoms. The van der Waals surface area contributed by atoms with Gasteiger partial charge in [0.2, 0.25) is 0 Å². The molecule has 32 heavy (non-hydrogen) atoms. The van der Waals surface area contributed by atoms with E-state index < -0.39 is 0 Å². The van der Waals surface area contributed by atoms with Gasteiger partial charge in [-0.3, -0.25) is 9.59 Å². The Labute approximate surface area is 194 Å². The first-order chi connectivity index (χ1) is 15.4. The zero-order valence-corrected chi connectivity index (χ0v) is 19.6. The van der Waals surface area contributed by atoms with Crippen LogP contribution >= 0.6 is 11.6 Å². The standard InChI is InChI=1S/C26H29ClN2O3/c1-4-13-32-22-8-6-5-7-21(22)29-25(30)23(19-9-11-20(27)12-10-19)24(26(29)31)28-15-17(2)14-18(3)16-28/h5-12,17-18H,4,13-16H2,1-3H3. The molecule has 1 saturated heterocycles. The number of hydrogen-bond acceptors (Lipinski definition) is 4. The van der Waals surface area contributed by atoms with Gasteiger partial charge in [0, 0.05) is 18.1 Å². The molecular formula is C26H29ClN2O3. The molecule has 0 aromatic heterocycles. The van der Waals surface area contributed by atoms with E-state index in [1.165, 1.54) is 4.90 Å². The summed E-state index contributed by atoms with van der Waals surface area (Å²) in [5.74, 6) is 0.789. The number of benzene rings is 2. The van der Waals surface area contributed by atoms with E-state index in [0.717, 1.165) is 25.9 Å². The van der Waals surface area contributed by atoms with Crippen molar-refractivity contribution in [2.45, 2.75) is 33.6 Å². The highest BCUT2D eigenvalue weighted by molar-refractivity contribution is 6.45. The van der Waals surface area contributed by atoms with Crippen LogP contribution in [0.4, 0.5) is 5.69 Å². The lowest BCUT2D eigenvalue weighted by atomic mass is 9.91. The van der Waals surface area contributed by atoms with Crippen LogP contribution in [0.1, 0.15) is 39.2 Å². The Kier molecular flexibility index (Phi) is 6.56.